The van der Waals surface area contributed by atoms with Crippen molar-refractivity contribution in [3.05, 3.63) is 71.7 Å². The van der Waals surface area contributed by atoms with Gasteiger partial charge in [-0.3, -0.25) is 4.90 Å². The van der Waals surface area contributed by atoms with Crippen molar-refractivity contribution in [2.75, 3.05) is 40.0 Å². The zero-order chi connectivity index (χ0) is 25.9. The Morgan fingerprint density at radius 3 is 2.42 bits per heavy atom. The minimum Gasteiger partial charge on any atom is -0.439 e. The zero-order valence-electron chi connectivity index (χ0n) is 21.7. The normalized spacial score (nSPS) is 12.4. The SMILES string of the molecule is CCc1nn(-c2ccccc2)c(Oc2ccc(F)cc2)c1CN(CCOC)C[C@H](O)COCC(C)C. The first-order valence-electron chi connectivity index (χ1n) is 12.5. The third kappa shape index (κ3) is 8.13. The Kier molecular flexibility index (Phi) is 10.9. The fourth-order valence-electron chi connectivity index (χ4n) is 3.85. The number of halogens is 1. The third-order valence-electron chi connectivity index (χ3n) is 5.61. The monoisotopic (exact) mass is 499 g/mol. The van der Waals surface area contributed by atoms with Crippen LogP contribution in [0.25, 0.3) is 5.69 Å². The van der Waals surface area contributed by atoms with Gasteiger partial charge in [0.2, 0.25) is 5.88 Å². The van der Waals surface area contributed by atoms with Crippen LogP contribution in [0.4, 0.5) is 4.39 Å². The van der Waals surface area contributed by atoms with E-state index in [-0.39, 0.29) is 12.4 Å². The van der Waals surface area contributed by atoms with E-state index in [1.54, 1.807) is 23.9 Å². The van der Waals surface area contributed by atoms with Crippen molar-refractivity contribution in [2.45, 2.75) is 39.8 Å². The van der Waals surface area contributed by atoms with E-state index in [1.807, 2.05) is 30.3 Å². The molecule has 0 bridgehead atoms. The standard InChI is InChI=1S/C28H38FN3O4/c1-5-27-26(18-31(15-16-34-4)17-24(33)20-35-19-21(2)3)28(36-25-13-11-22(29)12-14-25)32(30-27)23-9-7-6-8-10-23/h6-14,21,24,33H,5,15-20H2,1-4H3/t24-/m0/s1. The summed E-state index contributed by atoms with van der Waals surface area (Å²) in [6, 6.07) is 15.7. The molecule has 0 saturated heterocycles. The summed E-state index contributed by atoms with van der Waals surface area (Å²) in [7, 11) is 1.66. The van der Waals surface area contributed by atoms with Crippen LogP contribution in [0, 0.1) is 11.7 Å². The van der Waals surface area contributed by atoms with Crippen LogP contribution >= 0.6 is 0 Å². The topological polar surface area (TPSA) is 69.0 Å². The van der Waals surface area contributed by atoms with Gasteiger partial charge in [-0.25, -0.2) is 9.07 Å². The summed E-state index contributed by atoms with van der Waals surface area (Å²) in [6.45, 7) is 9.13. The predicted molar refractivity (Wildman–Crippen MR) is 138 cm³/mol. The molecule has 1 aromatic heterocycles. The number of hydrogen-bond donors (Lipinski definition) is 1. The smallest absolute Gasteiger partial charge is 0.227 e. The highest BCUT2D eigenvalue weighted by atomic mass is 19.1. The van der Waals surface area contributed by atoms with E-state index in [0.717, 1.165) is 16.9 Å². The van der Waals surface area contributed by atoms with Crippen molar-refractivity contribution < 1.29 is 23.7 Å². The molecule has 3 aromatic rings. The molecule has 0 spiro atoms. The number of aliphatic hydroxyl groups excluding tert-OH is 1. The van der Waals surface area contributed by atoms with Gasteiger partial charge in [-0.15, -0.1) is 0 Å². The summed E-state index contributed by atoms with van der Waals surface area (Å²) in [4.78, 5) is 2.12. The van der Waals surface area contributed by atoms with Crippen LogP contribution in [0.3, 0.4) is 0 Å². The molecule has 0 amide bonds. The Morgan fingerprint density at radius 1 is 1.06 bits per heavy atom. The van der Waals surface area contributed by atoms with Crippen LogP contribution in [-0.4, -0.2) is 65.9 Å². The minimum absolute atomic E-state index is 0.268. The number of benzene rings is 2. The summed E-state index contributed by atoms with van der Waals surface area (Å²) in [5.41, 5.74) is 2.67. The Hall–Kier alpha value is -2.78. The van der Waals surface area contributed by atoms with Gasteiger partial charge < -0.3 is 19.3 Å². The van der Waals surface area contributed by atoms with Gasteiger partial charge in [0.1, 0.15) is 11.6 Å². The molecule has 0 fully saturated rings. The zero-order valence-corrected chi connectivity index (χ0v) is 21.7. The minimum atomic E-state index is -0.642. The Balaban J connectivity index is 1.92. The van der Waals surface area contributed by atoms with Crippen molar-refractivity contribution in [3.63, 3.8) is 0 Å². The van der Waals surface area contributed by atoms with Crippen LogP contribution in [0.15, 0.2) is 54.6 Å². The number of ether oxygens (including phenoxy) is 3. The van der Waals surface area contributed by atoms with Gasteiger partial charge in [0, 0.05) is 33.4 Å². The number of rotatable bonds is 15. The van der Waals surface area contributed by atoms with Gasteiger partial charge in [-0.2, -0.15) is 5.10 Å². The number of methoxy groups -OCH3 is 1. The number of aromatic nitrogens is 2. The van der Waals surface area contributed by atoms with Crippen molar-refractivity contribution in [1.82, 2.24) is 14.7 Å². The van der Waals surface area contributed by atoms with E-state index in [1.165, 1.54) is 12.1 Å². The van der Waals surface area contributed by atoms with Crippen molar-refractivity contribution in [2.24, 2.45) is 5.92 Å². The maximum absolute atomic E-state index is 13.5. The summed E-state index contributed by atoms with van der Waals surface area (Å²) in [6.07, 6.45) is 0.0592. The molecule has 0 aliphatic heterocycles. The summed E-state index contributed by atoms with van der Waals surface area (Å²) < 4.78 is 32.6. The summed E-state index contributed by atoms with van der Waals surface area (Å²) >= 11 is 0. The lowest BCUT2D eigenvalue weighted by molar-refractivity contribution is 0.00323. The molecule has 2 aromatic carbocycles. The predicted octanol–water partition coefficient (Wildman–Crippen LogP) is 4.85. The molecule has 1 heterocycles. The van der Waals surface area contributed by atoms with E-state index in [4.69, 9.17) is 19.3 Å². The van der Waals surface area contributed by atoms with Crippen LogP contribution in [0.2, 0.25) is 0 Å². The molecule has 0 aliphatic carbocycles. The second kappa shape index (κ2) is 14.1. The molecule has 36 heavy (non-hydrogen) atoms. The van der Waals surface area contributed by atoms with Gasteiger partial charge in [0.05, 0.1) is 36.3 Å². The maximum atomic E-state index is 13.5. The lowest BCUT2D eigenvalue weighted by Gasteiger charge is -2.25. The second-order valence-corrected chi connectivity index (χ2v) is 9.20. The van der Waals surface area contributed by atoms with Gasteiger partial charge in [0.25, 0.3) is 0 Å². The van der Waals surface area contributed by atoms with Gasteiger partial charge >= 0.3 is 0 Å². The Bertz CT molecular complexity index is 1040. The van der Waals surface area contributed by atoms with Crippen molar-refractivity contribution in [1.29, 1.82) is 0 Å². The molecule has 0 unspecified atom stereocenters. The molecule has 3 rings (SSSR count). The van der Waals surface area contributed by atoms with Gasteiger partial charge in [0.15, 0.2) is 0 Å². The molecule has 1 N–H and O–H groups in total. The van der Waals surface area contributed by atoms with Crippen LogP contribution < -0.4 is 4.74 Å². The van der Waals surface area contributed by atoms with E-state index in [9.17, 15) is 9.50 Å². The molecule has 0 radical (unpaired) electrons. The first-order chi connectivity index (χ1) is 17.4. The lowest BCUT2D eigenvalue weighted by atomic mass is 10.1. The molecule has 8 heteroatoms. The lowest BCUT2D eigenvalue weighted by Crippen LogP contribution is -2.37. The van der Waals surface area contributed by atoms with Crippen LogP contribution in [-0.2, 0) is 22.4 Å². The van der Waals surface area contributed by atoms with E-state index < -0.39 is 6.10 Å². The largest absolute Gasteiger partial charge is 0.439 e. The Labute approximate surface area is 213 Å². The van der Waals surface area contributed by atoms with E-state index in [2.05, 4.69) is 25.7 Å². The van der Waals surface area contributed by atoms with Crippen molar-refractivity contribution >= 4 is 0 Å². The fourth-order valence-corrected chi connectivity index (χ4v) is 3.85. The molecular weight excluding hydrogens is 461 g/mol. The first-order valence-corrected chi connectivity index (χ1v) is 12.5. The highest BCUT2D eigenvalue weighted by molar-refractivity contribution is 5.43. The number of aryl methyl sites for hydroxylation is 1. The van der Waals surface area contributed by atoms with Gasteiger partial charge in [-0.05, 0) is 48.7 Å². The maximum Gasteiger partial charge on any atom is 0.227 e. The highest BCUT2D eigenvalue weighted by Crippen LogP contribution is 2.32. The quantitative estimate of drug-likeness (QED) is 0.323. The number of hydrogen-bond acceptors (Lipinski definition) is 6. The average Bonchev–Trinajstić information content (AvgIpc) is 3.21. The van der Waals surface area contributed by atoms with E-state index >= 15 is 0 Å². The van der Waals surface area contributed by atoms with E-state index in [0.29, 0.717) is 56.8 Å². The average molecular weight is 500 g/mol. The number of aliphatic hydroxyl groups is 1. The number of nitrogens with zero attached hydrogens (tertiary/aromatic N) is 3. The van der Waals surface area contributed by atoms with Gasteiger partial charge in [-0.1, -0.05) is 39.0 Å². The molecule has 196 valence electrons. The second-order valence-electron chi connectivity index (χ2n) is 9.20. The third-order valence-corrected chi connectivity index (χ3v) is 5.61. The van der Waals surface area contributed by atoms with Crippen LogP contribution in [0.1, 0.15) is 32.0 Å². The molecular formula is C28H38FN3O4. The molecule has 0 aliphatic rings. The molecule has 0 saturated carbocycles. The van der Waals surface area contributed by atoms with Crippen LogP contribution in [0.5, 0.6) is 11.6 Å². The highest BCUT2D eigenvalue weighted by Gasteiger charge is 2.24. The summed E-state index contributed by atoms with van der Waals surface area (Å²) in [5, 5.41) is 15.5. The fraction of sp³-hybridized carbons (Fsp3) is 0.464. The Morgan fingerprint density at radius 2 is 1.78 bits per heavy atom. The number of para-hydroxylation sites is 1. The molecule has 7 nitrogen and oxygen atoms in total. The summed E-state index contributed by atoms with van der Waals surface area (Å²) in [5.74, 6) is 1.16. The molecule has 1 atom stereocenters. The first kappa shape index (κ1) is 27.8. The van der Waals surface area contributed by atoms with Crippen molar-refractivity contribution in [3.8, 4) is 17.3 Å².